The SMILES string of the molecule is O=c1[nH]c(=S)c(F)cn1[C@@H]1O[C@H](COP(=O)(O)OP(=O)(O)OP(=O)(O)O)C(F)[C@@H]1O. The lowest BCUT2D eigenvalue weighted by Crippen LogP contribution is -2.34. The molecule has 1 aromatic heterocycles. The zero-order valence-corrected chi connectivity index (χ0v) is 17.5. The first-order valence-corrected chi connectivity index (χ1v) is 12.2. The average Bonchev–Trinajstić information content (AvgIpc) is 2.81. The van der Waals surface area contributed by atoms with Crippen LogP contribution in [-0.2, 0) is 31.6 Å². The Morgan fingerprint density at radius 2 is 1.80 bits per heavy atom. The van der Waals surface area contributed by atoms with Crippen molar-refractivity contribution in [1.82, 2.24) is 9.55 Å². The molecule has 21 heteroatoms. The molecule has 1 fully saturated rings. The number of rotatable bonds is 8. The van der Waals surface area contributed by atoms with E-state index in [-0.39, 0.29) is 0 Å². The molecule has 0 aromatic carbocycles. The topological polar surface area (TPSA) is 227 Å². The number of aromatic nitrogens is 2. The molecule has 0 aliphatic carbocycles. The third kappa shape index (κ3) is 6.64. The molecule has 15 nitrogen and oxygen atoms in total. The van der Waals surface area contributed by atoms with Crippen molar-refractivity contribution >= 4 is 35.7 Å². The van der Waals surface area contributed by atoms with Crippen LogP contribution < -0.4 is 5.69 Å². The summed E-state index contributed by atoms with van der Waals surface area (Å²) in [7, 11) is -17.0. The van der Waals surface area contributed by atoms with Gasteiger partial charge in [-0.3, -0.25) is 14.1 Å². The number of H-pyrrole nitrogens is 1. The Labute approximate surface area is 169 Å². The molecule has 1 aliphatic rings. The van der Waals surface area contributed by atoms with Crippen LogP contribution in [0.3, 0.4) is 0 Å². The van der Waals surface area contributed by atoms with Gasteiger partial charge >= 0.3 is 29.2 Å². The fraction of sp³-hybridized carbons (Fsp3) is 0.556. The minimum Gasteiger partial charge on any atom is -0.385 e. The van der Waals surface area contributed by atoms with Crippen molar-refractivity contribution < 1.29 is 65.0 Å². The molecule has 0 radical (unpaired) electrons. The number of phosphoric ester groups is 1. The van der Waals surface area contributed by atoms with Crippen LogP contribution >= 0.6 is 35.7 Å². The predicted molar refractivity (Wildman–Crippen MR) is 90.5 cm³/mol. The van der Waals surface area contributed by atoms with Crippen LogP contribution in [0.15, 0.2) is 11.0 Å². The molecule has 6 N–H and O–H groups in total. The lowest BCUT2D eigenvalue weighted by Gasteiger charge is -2.19. The van der Waals surface area contributed by atoms with Crippen molar-refractivity contribution in [2.45, 2.75) is 24.6 Å². The predicted octanol–water partition coefficient (Wildman–Crippen LogP) is -0.0153. The van der Waals surface area contributed by atoms with E-state index in [1.54, 1.807) is 0 Å². The van der Waals surface area contributed by atoms with E-state index in [0.717, 1.165) is 0 Å². The van der Waals surface area contributed by atoms with Crippen molar-refractivity contribution in [2.75, 3.05) is 6.61 Å². The maximum absolute atomic E-state index is 14.2. The maximum atomic E-state index is 14.2. The Morgan fingerprint density at radius 3 is 2.37 bits per heavy atom. The highest BCUT2D eigenvalue weighted by atomic mass is 32.1. The molecule has 2 rings (SSSR count). The van der Waals surface area contributed by atoms with Crippen LogP contribution in [-0.4, -0.2) is 59.2 Å². The highest BCUT2D eigenvalue weighted by Crippen LogP contribution is 2.66. The first-order valence-electron chi connectivity index (χ1n) is 7.28. The number of alkyl halides is 1. The minimum absolute atomic E-state index is 0.424. The van der Waals surface area contributed by atoms with E-state index in [0.29, 0.717) is 10.8 Å². The molecule has 1 aromatic rings. The number of nitrogens with one attached hydrogen (secondary N) is 1. The molecule has 0 saturated carbocycles. The molecule has 3 unspecified atom stereocenters. The number of ether oxygens (including phenoxy) is 1. The number of aromatic amines is 1. The van der Waals surface area contributed by atoms with E-state index in [1.807, 2.05) is 4.98 Å². The smallest absolute Gasteiger partial charge is 0.385 e. The number of hydrogen-bond acceptors (Lipinski definition) is 10. The van der Waals surface area contributed by atoms with Gasteiger partial charge in [-0.05, 0) is 0 Å². The molecule has 0 spiro atoms. The Balaban J connectivity index is 2.09. The van der Waals surface area contributed by atoms with Crippen molar-refractivity contribution in [1.29, 1.82) is 0 Å². The molecule has 1 aliphatic heterocycles. The molecule has 2 heterocycles. The van der Waals surface area contributed by atoms with Gasteiger partial charge in [0.2, 0.25) is 0 Å². The molecule has 1 saturated heterocycles. The fourth-order valence-electron chi connectivity index (χ4n) is 2.19. The molecular weight excluding hydrogens is 507 g/mol. The molecule has 6 atom stereocenters. The summed E-state index contributed by atoms with van der Waals surface area (Å²) >= 11 is 4.49. The van der Waals surface area contributed by atoms with Crippen LogP contribution in [0.4, 0.5) is 8.78 Å². The van der Waals surface area contributed by atoms with Gasteiger partial charge in [0.15, 0.2) is 18.2 Å². The van der Waals surface area contributed by atoms with Crippen molar-refractivity contribution in [3.63, 3.8) is 0 Å². The number of halogens is 2. The molecule has 172 valence electrons. The van der Waals surface area contributed by atoms with Crippen molar-refractivity contribution in [2.24, 2.45) is 0 Å². The number of phosphoric acid groups is 3. The number of aliphatic hydroxyl groups is 1. The largest absolute Gasteiger partial charge is 0.490 e. The van der Waals surface area contributed by atoms with Crippen molar-refractivity contribution in [3.05, 3.63) is 27.1 Å². The Kier molecular flexibility index (Phi) is 7.69. The zero-order chi connectivity index (χ0) is 23.1. The van der Waals surface area contributed by atoms with Gasteiger partial charge in [-0.15, -0.1) is 0 Å². The molecule has 0 bridgehead atoms. The van der Waals surface area contributed by atoms with Gasteiger partial charge in [0.1, 0.15) is 16.8 Å². The van der Waals surface area contributed by atoms with Crippen molar-refractivity contribution in [3.8, 4) is 0 Å². The Bertz CT molecular complexity index is 1060. The van der Waals surface area contributed by atoms with Gasteiger partial charge < -0.3 is 29.4 Å². The summed E-state index contributed by atoms with van der Waals surface area (Å²) in [4.78, 5) is 48.9. The maximum Gasteiger partial charge on any atom is 0.490 e. The second kappa shape index (κ2) is 9.03. The summed E-state index contributed by atoms with van der Waals surface area (Å²) in [6.45, 7) is -1.22. The summed E-state index contributed by atoms with van der Waals surface area (Å²) in [5, 5.41) is 9.88. The summed E-state index contributed by atoms with van der Waals surface area (Å²) < 4.78 is 77.1. The standard InChI is InChI=1S/C9H13F2N2O13P3S/c10-3-1-13(9(15)12-7(3)30)8-6(14)5(11)4(24-8)2-23-28(19,20)26-29(21,22)25-27(16,17)18/h1,4-6,8,14H,2H2,(H,19,20)(H,21,22)(H,12,15,30)(H2,16,17,18)/t4-,5?,6+,8-/m1/s1. The molecular formula is C9H13F2N2O13P3S. The summed E-state index contributed by atoms with van der Waals surface area (Å²) in [5.74, 6) is -1.10. The van der Waals surface area contributed by atoms with Crippen LogP contribution in [0.5, 0.6) is 0 Å². The normalized spacial score (nSPS) is 28.8. The van der Waals surface area contributed by atoms with Crippen LogP contribution in [0.25, 0.3) is 0 Å². The van der Waals surface area contributed by atoms with Crippen LogP contribution in [0.1, 0.15) is 6.23 Å². The van der Waals surface area contributed by atoms with E-state index in [2.05, 4.69) is 25.4 Å². The Morgan fingerprint density at radius 1 is 1.20 bits per heavy atom. The number of aliphatic hydroxyl groups excluding tert-OH is 1. The highest BCUT2D eigenvalue weighted by Gasteiger charge is 2.47. The highest BCUT2D eigenvalue weighted by molar-refractivity contribution is 7.71. The quantitative estimate of drug-likeness (QED) is 0.196. The first-order chi connectivity index (χ1) is 13.5. The average molecular weight is 520 g/mol. The van der Waals surface area contributed by atoms with Gasteiger partial charge in [0, 0.05) is 0 Å². The summed E-state index contributed by atoms with van der Waals surface area (Å²) in [5.41, 5.74) is -1.08. The van der Waals surface area contributed by atoms with E-state index < -0.39 is 70.8 Å². The fourth-order valence-corrected chi connectivity index (χ4v) is 5.36. The zero-order valence-electron chi connectivity index (χ0n) is 14.0. The lowest BCUT2D eigenvalue weighted by atomic mass is 10.1. The molecule has 30 heavy (non-hydrogen) atoms. The van der Waals surface area contributed by atoms with Crippen LogP contribution in [0.2, 0.25) is 0 Å². The Hall–Kier alpha value is -0.710. The number of hydrogen-bond donors (Lipinski definition) is 6. The van der Waals surface area contributed by atoms with Gasteiger partial charge in [-0.1, -0.05) is 12.2 Å². The second-order valence-electron chi connectivity index (χ2n) is 5.53. The van der Waals surface area contributed by atoms with E-state index in [4.69, 9.17) is 19.4 Å². The van der Waals surface area contributed by atoms with Gasteiger partial charge in [0.05, 0.1) is 12.8 Å². The third-order valence-corrected chi connectivity index (χ3v) is 7.40. The first kappa shape index (κ1) is 25.5. The number of nitrogens with zero attached hydrogens (tertiary/aromatic N) is 1. The lowest BCUT2D eigenvalue weighted by molar-refractivity contribution is -0.0535. The van der Waals surface area contributed by atoms with E-state index in [9.17, 15) is 37.3 Å². The summed E-state index contributed by atoms with van der Waals surface area (Å²) in [6.07, 6.45) is -7.61. The van der Waals surface area contributed by atoms with E-state index >= 15 is 0 Å². The minimum atomic E-state index is -5.79. The summed E-state index contributed by atoms with van der Waals surface area (Å²) in [6, 6.07) is 0. The van der Waals surface area contributed by atoms with Gasteiger partial charge in [-0.25, -0.2) is 27.3 Å². The van der Waals surface area contributed by atoms with Gasteiger partial charge in [-0.2, -0.15) is 8.62 Å². The van der Waals surface area contributed by atoms with Gasteiger partial charge in [0.25, 0.3) is 0 Å². The monoisotopic (exact) mass is 520 g/mol. The van der Waals surface area contributed by atoms with Crippen LogP contribution in [0, 0.1) is 10.5 Å². The second-order valence-corrected chi connectivity index (χ2v) is 10.4. The van der Waals surface area contributed by atoms with E-state index in [1.165, 1.54) is 0 Å². The third-order valence-electron chi connectivity index (χ3n) is 3.30. The molecule has 0 amide bonds.